The van der Waals surface area contributed by atoms with Crippen LogP contribution in [0.25, 0.3) is 0 Å². The Labute approximate surface area is 158 Å². The Morgan fingerprint density at radius 3 is 2.46 bits per heavy atom. The van der Waals surface area contributed by atoms with Crippen molar-refractivity contribution in [2.24, 2.45) is 10.9 Å². The molecule has 0 aliphatic carbocycles. The third-order valence-electron chi connectivity index (χ3n) is 4.31. The van der Waals surface area contributed by atoms with E-state index < -0.39 is 5.60 Å². The average Bonchev–Trinajstić information content (AvgIpc) is 2.58. The first-order valence-electron chi connectivity index (χ1n) is 9.87. The number of carbonyl (C=O) groups is 1. The van der Waals surface area contributed by atoms with Crippen LogP contribution in [0.3, 0.4) is 0 Å². The van der Waals surface area contributed by atoms with Crippen molar-refractivity contribution in [3.05, 3.63) is 0 Å². The van der Waals surface area contributed by atoms with Gasteiger partial charge in [0.2, 0.25) is 0 Å². The van der Waals surface area contributed by atoms with Crippen molar-refractivity contribution in [2.45, 2.75) is 59.5 Å². The first-order chi connectivity index (χ1) is 12.3. The van der Waals surface area contributed by atoms with E-state index in [-0.39, 0.29) is 12.8 Å². The van der Waals surface area contributed by atoms with Gasteiger partial charge in [0.25, 0.3) is 0 Å². The molecule has 0 aromatic rings. The van der Waals surface area contributed by atoms with Gasteiger partial charge in [-0.1, -0.05) is 0 Å². The molecule has 0 atom stereocenters. The summed E-state index contributed by atoms with van der Waals surface area (Å²) in [5.41, 5.74) is -0.468. The van der Waals surface area contributed by atoms with Crippen molar-refractivity contribution in [3.8, 4) is 0 Å². The van der Waals surface area contributed by atoms with Gasteiger partial charge in [0.05, 0.1) is 6.67 Å². The summed E-state index contributed by atoms with van der Waals surface area (Å²) < 4.78 is 17.8. The molecule has 1 fully saturated rings. The van der Waals surface area contributed by atoms with Crippen molar-refractivity contribution in [3.63, 3.8) is 0 Å². The summed E-state index contributed by atoms with van der Waals surface area (Å²) >= 11 is 0. The van der Waals surface area contributed by atoms with Crippen LogP contribution in [0.4, 0.5) is 9.18 Å². The number of ether oxygens (including phenoxy) is 1. The lowest BCUT2D eigenvalue weighted by Gasteiger charge is -2.36. The zero-order valence-corrected chi connectivity index (χ0v) is 17.2. The summed E-state index contributed by atoms with van der Waals surface area (Å²) in [4.78, 5) is 20.8. The Hall–Kier alpha value is -1.53. The highest BCUT2D eigenvalue weighted by Gasteiger charge is 2.27. The van der Waals surface area contributed by atoms with Crippen molar-refractivity contribution in [1.29, 1.82) is 0 Å². The first-order valence-corrected chi connectivity index (χ1v) is 9.87. The van der Waals surface area contributed by atoms with E-state index in [1.54, 1.807) is 4.90 Å². The number of guanidine groups is 1. The maximum absolute atomic E-state index is 12.3. The molecule has 1 heterocycles. The van der Waals surface area contributed by atoms with Gasteiger partial charge in [0.15, 0.2) is 5.96 Å². The van der Waals surface area contributed by atoms with Crippen LogP contribution in [0, 0.1) is 5.92 Å². The molecule has 1 amide bonds. The number of hydrogen-bond acceptors (Lipinski definition) is 3. The minimum Gasteiger partial charge on any atom is -0.444 e. The van der Waals surface area contributed by atoms with E-state index in [0.717, 1.165) is 45.0 Å². The monoisotopic (exact) mass is 372 g/mol. The second-order valence-electron chi connectivity index (χ2n) is 7.73. The Morgan fingerprint density at radius 1 is 1.31 bits per heavy atom. The van der Waals surface area contributed by atoms with Crippen molar-refractivity contribution >= 4 is 12.1 Å². The second kappa shape index (κ2) is 11.2. The number of nitrogens with zero attached hydrogens (tertiary/aromatic N) is 3. The number of aliphatic imine (C=N–C) groups is 1. The molecule has 1 rings (SSSR count). The first kappa shape index (κ1) is 22.5. The Bertz CT molecular complexity index is 443. The van der Waals surface area contributed by atoms with Crippen molar-refractivity contribution < 1.29 is 13.9 Å². The van der Waals surface area contributed by atoms with E-state index in [2.05, 4.69) is 15.2 Å². The normalized spacial score (nSPS) is 16.5. The zero-order chi connectivity index (χ0) is 19.6. The quantitative estimate of drug-likeness (QED) is 0.423. The molecule has 0 aromatic heterocycles. The van der Waals surface area contributed by atoms with E-state index in [0.29, 0.717) is 25.4 Å². The molecule has 1 saturated heterocycles. The summed E-state index contributed by atoms with van der Waals surface area (Å²) in [6.45, 7) is 13.9. The van der Waals surface area contributed by atoms with Gasteiger partial charge >= 0.3 is 6.09 Å². The number of halogens is 1. The summed E-state index contributed by atoms with van der Waals surface area (Å²) in [6.07, 6.45) is 2.25. The molecule has 6 nitrogen and oxygen atoms in total. The topological polar surface area (TPSA) is 57.2 Å². The summed E-state index contributed by atoms with van der Waals surface area (Å²) in [5, 5.41) is 3.29. The molecule has 26 heavy (non-hydrogen) atoms. The van der Waals surface area contributed by atoms with Gasteiger partial charge in [0, 0.05) is 39.3 Å². The smallest absolute Gasteiger partial charge is 0.410 e. The van der Waals surface area contributed by atoms with Gasteiger partial charge in [-0.3, -0.25) is 9.38 Å². The molecule has 0 saturated carbocycles. The summed E-state index contributed by atoms with van der Waals surface area (Å²) in [5.74, 6) is 1.34. The Morgan fingerprint density at radius 2 is 1.96 bits per heavy atom. The number of amides is 1. The molecule has 0 spiro atoms. The molecular weight excluding hydrogens is 335 g/mol. The van der Waals surface area contributed by atoms with Gasteiger partial charge < -0.3 is 19.9 Å². The standard InChI is InChI=1S/C19H37FN4O2/c1-6-21-17(22-12-8-11-20)24-13-9-16(10-14-24)15-23(7-2)18(25)26-19(3,4)5/h16H,6-15H2,1-5H3,(H,21,22). The minimum atomic E-state index is -0.468. The van der Waals surface area contributed by atoms with E-state index in [1.165, 1.54) is 0 Å². The molecule has 1 aliphatic heterocycles. The van der Waals surface area contributed by atoms with Gasteiger partial charge in [0.1, 0.15) is 5.60 Å². The average molecular weight is 373 g/mol. The molecule has 7 heteroatoms. The molecule has 1 aliphatic rings. The van der Waals surface area contributed by atoms with E-state index in [1.807, 2.05) is 34.6 Å². The minimum absolute atomic E-state index is 0.233. The Balaban J connectivity index is 2.53. The third-order valence-corrected chi connectivity index (χ3v) is 4.31. The molecule has 152 valence electrons. The van der Waals surface area contributed by atoms with Crippen LogP contribution in [-0.4, -0.2) is 73.4 Å². The molecule has 0 unspecified atom stereocenters. The summed E-state index contributed by atoms with van der Waals surface area (Å²) in [6, 6.07) is 0. The Kier molecular flexibility index (Phi) is 9.73. The molecule has 0 aromatic carbocycles. The third kappa shape index (κ3) is 8.23. The fourth-order valence-electron chi connectivity index (χ4n) is 2.97. The van der Waals surface area contributed by atoms with E-state index in [9.17, 15) is 9.18 Å². The number of alkyl halides is 1. The fraction of sp³-hybridized carbons (Fsp3) is 0.895. The van der Waals surface area contributed by atoms with Crippen LogP contribution >= 0.6 is 0 Å². The summed E-state index contributed by atoms with van der Waals surface area (Å²) in [7, 11) is 0. The number of piperidine rings is 1. The SMILES string of the molecule is CCNC(=NCCCF)N1CCC(CN(CC)C(=O)OC(C)(C)C)CC1. The van der Waals surface area contributed by atoms with Crippen molar-refractivity contribution in [2.75, 3.05) is 45.9 Å². The van der Waals surface area contributed by atoms with Crippen LogP contribution in [-0.2, 0) is 4.74 Å². The zero-order valence-electron chi connectivity index (χ0n) is 17.2. The van der Waals surface area contributed by atoms with Crippen molar-refractivity contribution in [1.82, 2.24) is 15.1 Å². The van der Waals surface area contributed by atoms with Crippen LogP contribution in [0.1, 0.15) is 53.9 Å². The molecular formula is C19H37FN4O2. The van der Waals surface area contributed by atoms with Gasteiger partial charge in [-0.15, -0.1) is 0 Å². The highest BCUT2D eigenvalue weighted by Crippen LogP contribution is 2.20. The van der Waals surface area contributed by atoms with Crippen LogP contribution < -0.4 is 5.32 Å². The lowest BCUT2D eigenvalue weighted by atomic mass is 9.96. The van der Waals surface area contributed by atoms with Gasteiger partial charge in [-0.2, -0.15) is 0 Å². The largest absolute Gasteiger partial charge is 0.444 e. The fourth-order valence-corrected chi connectivity index (χ4v) is 2.97. The van der Waals surface area contributed by atoms with E-state index in [4.69, 9.17) is 4.74 Å². The highest BCUT2D eigenvalue weighted by atomic mass is 19.1. The number of likely N-dealkylation sites (tertiary alicyclic amines) is 1. The number of hydrogen-bond donors (Lipinski definition) is 1. The number of nitrogens with one attached hydrogen (secondary N) is 1. The van der Waals surface area contributed by atoms with Crippen LogP contribution in [0.2, 0.25) is 0 Å². The van der Waals surface area contributed by atoms with Crippen LogP contribution in [0.5, 0.6) is 0 Å². The molecule has 0 radical (unpaired) electrons. The van der Waals surface area contributed by atoms with Crippen LogP contribution in [0.15, 0.2) is 4.99 Å². The second-order valence-corrected chi connectivity index (χ2v) is 7.73. The predicted octanol–water partition coefficient (Wildman–Crippen LogP) is 3.28. The number of rotatable bonds is 7. The molecule has 1 N–H and O–H groups in total. The van der Waals surface area contributed by atoms with E-state index >= 15 is 0 Å². The lowest BCUT2D eigenvalue weighted by Crippen LogP contribution is -2.48. The van der Waals surface area contributed by atoms with Gasteiger partial charge in [-0.05, 0) is 59.8 Å². The number of carbonyl (C=O) groups excluding carboxylic acids is 1. The predicted molar refractivity (Wildman–Crippen MR) is 104 cm³/mol. The maximum Gasteiger partial charge on any atom is 0.410 e. The van der Waals surface area contributed by atoms with Gasteiger partial charge in [-0.25, -0.2) is 4.79 Å². The molecule has 0 bridgehead atoms. The maximum atomic E-state index is 12.3. The highest BCUT2D eigenvalue weighted by molar-refractivity contribution is 5.80. The lowest BCUT2D eigenvalue weighted by molar-refractivity contribution is 0.0214.